The summed E-state index contributed by atoms with van der Waals surface area (Å²) in [6, 6.07) is 7.00. The summed E-state index contributed by atoms with van der Waals surface area (Å²) in [6.07, 6.45) is 0.316. The number of thiophene rings is 1. The molecule has 1 aromatic carbocycles. The highest BCUT2D eigenvalue weighted by atomic mass is 32.2. The van der Waals surface area contributed by atoms with Gasteiger partial charge in [-0.3, -0.25) is 0 Å². The van der Waals surface area contributed by atoms with Gasteiger partial charge < -0.3 is 5.11 Å². The smallest absolute Gasteiger partial charge is 0.243 e. The van der Waals surface area contributed by atoms with E-state index in [0.29, 0.717) is 6.42 Å². The first-order valence-corrected chi connectivity index (χ1v) is 8.70. The van der Waals surface area contributed by atoms with Gasteiger partial charge in [0.25, 0.3) is 0 Å². The van der Waals surface area contributed by atoms with Crippen LogP contribution in [0, 0.1) is 5.82 Å². The topological polar surface area (TPSA) is 66.4 Å². The van der Waals surface area contributed by atoms with E-state index < -0.39 is 26.3 Å². The normalized spacial score (nSPS) is 14.8. The molecule has 2 N–H and O–H groups in total. The predicted molar refractivity (Wildman–Crippen MR) is 80.2 cm³/mol. The Kier molecular flexibility index (Phi) is 4.77. The van der Waals surface area contributed by atoms with Crippen molar-refractivity contribution in [2.75, 3.05) is 6.54 Å². The van der Waals surface area contributed by atoms with E-state index in [0.717, 1.165) is 11.6 Å². The first-order valence-electron chi connectivity index (χ1n) is 6.28. The molecule has 4 nitrogen and oxygen atoms in total. The van der Waals surface area contributed by atoms with E-state index in [-0.39, 0.29) is 6.54 Å². The molecule has 114 valence electrons. The fourth-order valence-corrected chi connectivity index (χ4v) is 3.79. The zero-order valence-electron chi connectivity index (χ0n) is 11.4. The SMILES string of the molecule is CC(O)(CNS(=O)(=O)c1ccccc1F)Cc1ccsc1. The molecule has 1 heterocycles. The quantitative estimate of drug-likeness (QED) is 0.853. The highest BCUT2D eigenvalue weighted by molar-refractivity contribution is 7.89. The maximum atomic E-state index is 13.5. The van der Waals surface area contributed by atoms with E-state index in [2.05, 4.69) is 4.72 Å². The molecule has 0 fully saturated rings. The summed E-state index contributed by atoms with van der Waals surface area (Å²) in [5.41, 5.74) is -0.325. The molecule has 0 aliphatic heterocycles. The van der Waals surface area contributed by atoms with E-state index in [4.69, 9.17) is 0 Å². The van der Waals surface area contributed by atoms with Gasteiger partial charge in [-0.05, 0) is 41.4 Å². The number of nitrogens with one attached hydrogen (secondary N) is 1. The standard InChI is InChI=1S/C14H16FNO3S2/c1-14(17,8-11-6-7-20-9-11)10-16-21(18,19)13-5-3-2-4-12(13)15/h2-7,9,16-17H,8,10H2,1H3. The van der Waals surface area contributed by atoms with Crippen molar-refractivity contribution < 1.29 is 17.9 Å². The van der Waals surface area contributed by atoms with Crippen LogP contribution in [0.5, 0.6) is 0 Å². The molecule has 0 radical (unpaired) electrons. The Morgan fingerprint density at radius 2 is 2.05 bits per heavy atom. The van der Waals surface area contributed by atoms with Crippen molar-refractivity contribution in [2.24, 2.45) is 0 Å². The lowest BCUT2D eigenvalue weighted by Crippen LogP contribution is -2.42. The molecule has 0 amide bonds. The second-order valence-corrected chi connectivity index (χ2v) is 7.58. The molecule has 2 rings (SSSR count). The van der Waals surface area contributed by atoms with Crippen LogP contribution in [-0.4, -0.2) is 25.7 Å². The van der Waals surface area contributed by atoms with Crippen LogP contribution in [0.4, 0.5) is 4.39 Å². The predicted octanol–water partition coefficient (Wildman–Crippen LogP) is 2.16. The maximum absolute atomic E-state index is 13.5. The van der Waals surface area contributed by atoms with Crippen LogP contribution in [0.15, 0.2) is 46.0 Å². The first-order chi connectivity index (χ1) is 9.80. The number of halogens is 1. The molecule has 0 aliphatic rings. The van der Waals surface area contributed by atoms with Crippen molar-refractivity contribution in [1.29, 1.82) is 0 Å². The zero-order valence-corrected chi connectivity index (χ0v) is 13.0. The van der Waals surface area contributed by atoms with Gasteiger partial charge in [0.05, 0.1) is 5.60 Å². The molecule has 0 spiro atoms. The Bertz CT molecular complexity index is 697. The largest absolute Gasteiger partial charge is 0.388 e. The molecular formula is C14H16FNO3S2. The molecule has 1 aromatic heterocycles. The fraction of sp³-hybridized carbons (Fsp3) is 0.286. The van der Waals surface area contributed by atoms with E-state index in [1.165, 1.54) is 36.5 Å². The minimum Gasteiger partial charge on any atom is -0.388 e. The lowest BCUT2D eigenvalue weighted by molar-refractivity contribution is 0.0658. The Hall–Kier alpha value is -1.28. The van der Waals surface area contributed by atoms with E-state index in [9.17, 15) is 17.9 Å². The Balaban J connectivity index is 2.06. The second kappa shape index (κ2) is 6.23. The van der Waals surface area contributed by atoms with E-state index in [1.54, 1.807) is 0 Å². The van der Waals surface area contributed by atoms with Crippen LogP contribution in [0.2, 0.25) is 0 Å². The summed E-state index contributed by atoms with van der Waals surface area (Å²) in [5.74, 6) is -0.817. The second-order valence-electron chi connectivity index (χ2n) is 5.06. The molecule has 7 heteroatoms. The molecule has 1 atom stereocenters. The molecule has 21 heavy (non-hydrogen) atoms. The van der Waals surface area contributed by atoms with Gasteiger partial charge in [-0.15, -0.1) is 0 Å². The number of rotatable bonds is 6. The Morgan fingerprint density at radius 1 is 1.33 bits per heavy atom. The molecular weight excluding hydrogens is 313 g/mol. The third-order valence-corrected chi connectivity index (χ3v) is 5.10. The van der Waals surface area contributed by atoms with Crippen LogP contribution in [0.25, 0.3) is 0 Å². The molecule has 0 saturated carbocycles. The minimum absolute atomic E-state index is 0.195. The van der Waals surface area contributed by atoms with E-state index in [1.807, 2.05) is 16.8 Å². The lowest BCUT2D eigenvalue weighted by atomic mass is 9.99. The van der Waals surface area contributed by atoms with Crippen molar-refractivity contribution in [3.63, 3.8) is 0 Å². The van der Waals surface area contributed by atoms with Crippen LogP contribution >= 0.6 is 11.3 Å². The van der Waals surface area contributed by atoms with Gasteiger partial charge in [0.1, 0.15) is 10.7 Å². The maximum Gasteiger partial charge on any atom is 0.243 e. The lowest BCUT2D eigenvalue weighted by Gasteiger charge is -2.23. The summed E-state index contributed by atoms with van der Waals surface area (Å²) in [5, 5.41) is 14.0. The van der Waals surface area contributed by atoms with Crippen molar-refractivity contribution in [3.8, 4) is 0 Å². The molecule has 1 unspecified atom stereocenters. The van der Waals surface area contributed by atoms with Crippen LogP contribution < -0.4 is 4.72 Å². The van der Waals surface area contributed by atoms with Gasteiger partial charge in [-0.25, -0.2) is 17.5 Å². The number of aliphatic hydroxyl groups is 1. The monoisotopic (exact) mass is 329 g/mol. The number of sulfonamides is 1. The van der Waals surface area contributed by atoms with Gasteiger partial charge >= 0.3 is 0 Å². The Labute approximate surface area is 127 Å². The number of hydrogen-bond acceptors (Lipinski definition) is 4. The number of hydrogen-bond donors (Lipinski definition) is 2. The minimum atomic E-state index is -3.99. The summed E-state index contributed by atoms with van der Waals surface area (Å²) in [7, 11) is -3.99. The summed E-state index contributed by atoms with van der Waals surface area (Å²) in [4.78, 5) is -0.420. The van der Waals surface area contributed by atoms with Gasteiger partial charge in [-0.2, -0.15) is 11.3 Å². The van der Waals surface area contributed by atoms with Crippen LogP contribution in [0.3, 0.4) is 0 Å². The Morgan fingerprint density at radius 3 is 2.67 bits per heavy atom. The zero-order chi connectivity index (χ0) is 15.5. The van der Waals surface area contributed by atoms with Gasteiger partial charge in [-0.1, -0.05) is 12.1 Å². The molecule has 0 aliphatic carbocycles. The first kappa shape index (κ1) is 16.1. The third kappa shape index (κ3) is 4.34. The average Bonchev–Trinajstić information content (AvgIpc) is 2.89. The van der Waals surface area contributed by atoms with E-state index >= 15 is 0 Å². The highest BCUT2D eigenvalue weighted by Crippen LogP contribution is 2.17. The average molecular weight is 329 g/mol. The van der Waals surface area contributed by atoms with Crippen molar-refractivity contribution in [3.05, 3.63) is 52.5 Å². The van der Waals surface area contributed by atoms with Crippen molar-refractivity contribution >= 4 is 21.4 Å². The van der Waals surface area contributed by atoms with Crippen LogP contribution in [0.1, 0.15) is 12.5 Å². The van der Waals surface area contributed by atoms with Gasteiger partial charge in [0.2, 0.25) is 10.0 Å². The number of benzene rings is 1. The van der Waals surface area contributed by atoms with Gasteiger partial charge in [0.15, 0.2) is 0 Å². The summed E-state index contributed by atoms with van der Waals surface area (Å²) in [6.45, 7) is 1.34. The molecule has 2 aromatic rings. The van der Waals surface area contributed by atoms with Crippen molar-refractivity contribution in [2.45, 2.75) is 23.8 Å². The van der Waals surface area contributed by atoms with Gasteiger partial charge in [0, 0.05) is 13.0 Å². The highest BCUT2D eigenvalue weighted by Gasteiger charge is 2.26. The molecule has 0 bridgehead atoms. The fourth-order valence-electron chi connectivity index (χ4n) is 1.89. The van der Waals surface area contributed by atoms with Crippen LogP contribution in [-0.2, 0) is 16.4 Å². The summed E-state index contributed by atoms with van der Waals surface area (Å²) < 4.78 is 39.9. The van der Waals surface area contributed by atoms with Crippen molar-refractivity contribution in [1.82, 2.24) is 4.72 Å². The third-order valence-electron chi connectivity index (χ3n) is 2.93. The summed E-state index contributed by atoms with van der Waals surface area (Å²) >= 11 is 1.50. The molecule has 0 saturated heterocycles.